The Morgan fingerprint density at radius 1 is 1.50 bits per heavy atom. The fraction of sp³-hybridized carbons (Fsp3) is 0.286. The Morgan fingerprint density at radius 3 is 3.17 bits per heavy atom. The first-order valence-corrected chi connectivity index (χ1v) is 5.84. The van der Waals surface area contributed by atoms with Crippen LogP contribution in [0.1, 0.15) is 23.2 Å². The van der Waals surface area contributed by atoms with Crippen LogP contribution in [0, 0.1) is 17.4 Å². The number of benzene rings is 1. The van der Waals surface area contributed by atoms with E-state index in [0.717, 1.165) is 24.1 Å². The minimum atomic E-state index is 0.182. The van der Waals surface area contributed by atoms with Crippen molar-refractivity contribution in [2.45, 2.75) is 19.4 Å². The Labute approximate surface area is 106 Å². The quantitative estimate of drug-likeness (QED) is 0.862. The van der Waals surface area contributed by atoms with Crippen LogP contribution < -0.4 is 0 Å². The molecule has 0 bridgehead atoms. The van der Waals surface area contributed by atoms with E-state index in [1.807, 2.05) is 16.8 Å². The maximum absolute atomic E-state index is 8.85. The van der Waals surface area contributed by atoms with Crippen LogP contribution in [-0.2, 0) is 13.0 Å². The van der Waals surface area contributed by atoms with Crippen molar-refractivity contribution in [3.8, 4) is 6.07 Å². The lowest BCUT2D eigenvalue weighted by atomic mass is 10.1. The summed E-state index contributed by atoms with van der Waals surface area (Å²) in [4.78, 5) is 4.12. The summed E-state index contributed by atoms with van der Waals surface area (Å²) in [6, 6.07) is 10.6. The molecule has 0 unspecified atom stereocenters. The number of hydrogen-bond acceptors (Lipinski definition) is 3. The molecule has 1 radical (unpaired) electrons. The molecule has 1 N–H and O–H groups in total. The van der Waals surface area contributed by atoms with Crippen molar-refractivity contribution in [3.63, 3.8) is 0 Å². The third-order valence-corrected chi connectivity index (χ3v) is 2.72. The highest BCUT2D eigenvalue weighted by atomic mass is 16.2. The Bertz CT molecular complexity index is 554. The first-order chi connectivity index (χ1) is 8.83. The van der Waals surface area contributed by atoms with Gasteiger partial charge in [0.2, 0.25) is 0 Å². The van der Waals surface area contributed by atoms with E-state index in [1.54, 1.807) is 18.5 Å². The van der Waals surface area contributed by atoms with Crippen molar-refractivity contribution in [1.82, 2.24) is 9.55 Å². The standard InChI is InChI=1S/C14H14N3O/c15-8-12-3-1-4-13(7-12)10-17-11-16-9-14(17)5-2-6-18/h1,3,7,9,11,18H,2,5-6,10H2. The predicted octanol–water partition coefficient (Wildman–Crippen LogP) is 1.53. The molecule has 91 valence electrons. The minimum absolute atomic E-state index is 0.182. The van der Waals surface area contributed by atoms with Crippen molar-refractivity contribution in [3.05, 3.63) is 53.6 Å². The highest BCUT2D eigenvalue weighted by Crippen LogP contribution is 2.09. The van der Waals surface area contributed by atoms with Crippen molar-refractivity contribution >= 4 is 0 Å². The number of aromatic nitrogens is 2. The van der Waals surface area contributed by atoms with Crippen LogP contribution >= 0.6 is 0 Å². The summed E-state index contributed by atoms with van der Waals surface area (Å²) in [5.41, 5.74) is 2.68. The Balaban J connectivity index is 2.13. The van der Waals surface area contributed by atoms with Crippen molar-refractivity contribution in [2.75, 3.05) is 6.61 Å². The lowest BCUT2D eigenvalue weighted by molar-refractivity contribution is 0.287. The van der Waals surface area contributed by atoms with Gasteiger partial charge in [-0.05, 0) is 36.6 Å². The summed E-state index contributed by atoms with van der Waals surface area (Å²) in [6.07, 6.45) is 5.10. The molecule has 0 spiro atoms. The molecule has 1 heterocycles. The van der Waals surface area contributed by atoms with Gasteiger partial charge in [0.25, 0.3) is 0 Å². The predicted molar refractivity (Wildman–Crippen MR) is 66.7 cm³/mol. The number of rotatable bonds is 5. The molecule has 0 aliphatic carbocycles. The molecule has 0 amide bonds. The normalized spacial score (nSPS) is 10.2. The average molecular weight is 240 g/mol. The highest BCUT2D eigenvalue weighted by molar-refractivity contribution is 5.32. The third-order valence-electron chi connectivity index (χ3n) is 2.72. The second-order valence-corrected chi connectivity index (χ2v) is 4.05. The fourth-order valence-electron chi connectivity index (χ4n) is 1.82. The summed E-state index contributed by atoms with van der Waals surface area (Å²) in [6.45, 7) is 0.831. The van der Waals surface area contributed by atoms with Gasteiger partial charge < -0.3 is 9.67 Å². The van der Waals surface area contributed by atoms with Crippen molar-refractivity contribution in [1.29, 1.82) is 5.26 Å². The van der Waals surface area contributed by atoms with Gasteiger partial charge in [0, 0.05) is 25.0 Å². The number of nitriles is 1. The van der Waals surface area contributed by atoms with Crippen molar-refractivity contribution in [2.24, 2.45) is 0 Å². The highest BCUT2D eigenvalue weighted by Gasteiger charge is 2.03. The Kier molecular flexibility index (Phi) is 4.11. The molecular formula is C14H14N3O. The van der Waals surface area contributed by atoms with E-state index in [2.05, 4.69) is 17.1 Å². The summed E-state index contributed by atoms with van der Waals surface area (Å²) >= 11 is 0. The molecule has 0 aliphatic heterocycles. The van der Waals surface area contributed by atoms with E-state index in [-0.39, 0.29) is 6.61 Å². The van der Waals surface area contributed by atoms with E-state index in [0.29, 0.717) is 12.1 Å². The van der Waals surface area contributed by atoms with Gasteiger partial charge in [0.05, 0.1) is 18.0 Å². The zero-order valence-electron chi connectivity index (χ0n) is 10.0. The SMILES string of the molecule is N#Cc1cc[c]c(Cn2cncc2CCCO)c1. The van der Waals surface area contributed by atoms with Crippen LogP contribution in [0.5, 0.6) is 0 Å². The maximum Gasteiger partial charge on any atom is 0.0991 e. The number of aliphatic hydroxyl groups is 1. The Hall–Kier alpha value is -2.12. The number of aryl methyl sites for hydroxylation is 1. The van der Waals surface area contributed by atoms with Crippen molar-refractivity contribution < 1.29 is 5.11 Å². The largest absolute Gasteiger partial charge is 0.396 e. The van der Waals surface area contributed by atoms with Crippen LogP contribution in [-0.4, -0.2) is 21.3 Å². The zero-order chi connectivity index (χ0) is 12.8. The first-order valence-electron chi connectivity index (χ1n) is 5.84. The van der Waals surface area contributed by atoms with Gasteiger partial charge in [0.1, 0.15) is 0 Å². The Morgan fingerprint density at radius 2 is 2.39 bits per heavy atom. The number of hydrogen-bond donors (Lipinski definition) is 1. The molecule has 2 aromatic rings. The topological polar surface area (TPSA) is 61.8 Å². The molecule has 4 heteroatoms. The van der Waals surface area contributed by atoms with Gasteiger partial charge in [-0.3, -0.25) is 0 Å². The number of imidazole rings is 1. The van der Waals surface area contributed by atoms with E-state index in [9.17, 15) is 0 Å². The molecule has 1 aromatic carbocycles. The van der Waals surface area contributed by atoms with E-state index in [4.69, 9.17) is 10.4 Å². The first kappa shape index (κ1) is 12.3. The molecule has 2 rings (SSSR count). The van der Waals surface area contributed by atoms with Gasteiger partial charge >= 0.3 is 0 Å². The monoisotopic (exact) mass is 240 g/mol. The van der Waals surface area contributed by atoms with Gasteiger partial charge in [-0.15, -0.1) is 0 Å². The second kappa shape index (κ2) is 5.99. The number of aliphatic hydroxyl groups excluding tert-OH is 1. The van der Waals surface area contributed by atoms with Gasteiger partial charge in [-0.2, -0.15) is 5.26 Å². The van der Waals surface area contributed by atoms with Crippen LogP contribution in [0.2, 0.25) is 0 Å². The summed E-state index contributed by atoms with van der Waals surface area (Å²) < 4.78 is 2.02. The van der Waals surface area contributed by atoms with Crippen LogP contribution in [0.15, 0.2) is 30.7 Å². The molecule has 0 fully saturated rings. The summed E-state index contributed by atoms with van der Waals surface area (Å²) in [5, 5.41) is 17.7. The van der Waals surface area contributed by atoms with Gasteiger partial charge in [-0.1, -0.05) is 6.07 Å². The smallest absolute Gasteiger partial charge is 0.0991 e. The third kappa shape index (κ3) is 2.96. The average Bonchev–Trinajstić information content (AvgIpc) is 2.84. The molecule has 0 saturated carbocycles. The minimum Gasteiger partial charge on any atom is -0.396 e. The van der Waals surface area contributed by atoms with E-state index in [1.165, 1.54) is 0 Å². The lowest BCUT2D eigenvalue weighted by Gasteiger charge is -2.07. The van der Waals surface area contributed by atoms with E-state index < -0.39 is 0 Å². The fourth-order valence-corrected chi connectivity index (χ4v) is 1.82. The molecular weight excluding hydrogens is 226 g/mol. The zero-order valence-corrected chi connectivity index (χ0v) is 10.0. The molecule has 0 atom stereocenters. The molecule has 18 heavy (non-hydrogen) atoms. The number of nitrogens with zero attached hydrogens (tertiary/aromatic N) is 3. The molecule has 1 aromatic heterocycles. The van der Waals surface area contributed by atoms with Crippen LogP contribution in [0.25, 0.3) is 0 Å². The molecule has 0 saturated heterocycles. The lowest BCUT2D eigenvalue weighted by Crippen LogP contribution is -2.04. The second-order valence-electron chi connectivity index (χ2n) is 4.05. The summed E-state index contributed by atoms with van der Waals surface area (Å²) in [5.74, 6) is 0. The van der Waals surface area contributed by atoms with Gasteiger partial charge in [-0.25, -0.2) is 4.98 Å². The van der Waals surface area contributed by atoms with E-state index >= 15 is 0 Å². The van der Waals surface area contributed by atoms with Gasteiger partial charge in [0.15, 0.2) is 0 Å². The van der Waals surface area contributed by atoms with Crippen LogP contribution in [0.4, 0.5) is 0 Å². The molecule has 0 aliphatic rings. The summed E-state index contributed by atoms with van der Waals surface area (Å²) in [7, 11) is 0. The maximum atomic E-state index is 8.85. The van der Waals surface area contributed by atoms with Crippen LogP contribution in [0.3, 0.4) is 0 Å². The molecule has 4 nitrogen and oxygen atoms in total.